The Bertz CT molecular complexity index is 452. The van der Waals surface area contributed by atoms with Gasteiger partial charge in [-0.1, -0.05) is 0 Å². The summed E-state index contributed by atoms with van der Waals surface area (Å²) in [4.78, 5) is 0. The van der Waals surface area contributed by atoms with Gasteiger partial charge in [0.1, 0.15) is 11.8 Å². The maximum absolute atomic E-state index is 8.98. The molecule has 0 unspecified atom stereocenters. The minimum absolute atomic E-state index is 0.444. The SMILES string of the molecule is CCOC1CC(NCc2cc(C#N)n(C)c2C)C1. The van der Waals surface area contributed by atoms with Crippen molar-refractivity contribution >= 4 is 0 Å². The fraction of sp³-hybridized carbons (Fsp3) is 0.643. The van der Waals surface area contributed by atoms with Crippen LogP contribution in [0, 0.1) is 18.3 Å². The first-order chi connectivity index (χ1) is 8.65. The van der Waals surface area contributed by atoms with Gasteiger partial charge in [-0.25, -0.2) is 0 Å². The molecule has 1 aromatic rings. The Morgan fingerprint density at radius 3 is 2.83 bits per heavy atom. The molecule has 0 radical (unpaired) electrons. The molecule has 4 heteroatoms. The Kier molecular flexibility index (Phi) is 4.05. The van der Waals surface area contributed by atoms with Crippen molar-refractivity contribution in [3.8, 4) is 6.07 Å². The number of hydrogen-bond acceptors (Lipinski definition) is 3. The minimum atomic E-state index is 0.444. The average molecular weight is 247 g/mol. The van der Waals surface area contributed by atoms with E-state index in [1.54, 1.807) is 0 Å². The molecule has 1 fully saturated rings. The highest BCUT2D eigenvalue weighted by Crippen LogP contribution is 2.24. The van der Waals surface area contributed by atoms with Crippen LogP contribution in [-0.4, -0.2) is 23.3 Å². The molecule has 1 aliphatic rings. The van der Waals surface area contributed by atoms with Crippen molar-refractivity contribution in [2.45, 2.75) is 45.4 Å². The highest BCUT2D eigenvalue weighted by Gasteiger charge is 2.29. The van der Waals surface area contributed by atoms with Gasteiger partial charge < -0.3 is 14.6 Å². The summed E-state index contributed by atoms with van der Waals surface area (Å²) in [7, 11) is 1.94. The molecule has 0 amide bonds. The van der Waals surface area contributed by atoms with Crippen molar-refractivity contribution in [2.24, 2.45) is 7.05 Å². The van der Waals surface area contributed by atoms with E-state index < -0.39 is 0 Å². The molecule has 0 spiro atoms. The highest BCUT2D eigenvalue weighted by molar-refractivity contribution is 5.34. The lowest BCUT2D eigenvalue weighted by Crippen LogP contribution is -2.45. The summed E-state index contributed by atoms with van der Waals surface area (Å²) in [6, 6.07) is 4.75. The van der Waals surface area contributed by atoms with Gasteiger partial charge >= 0.3 is 0 Å². The van der Waals surface area contributed by atoms with E-state index >= 15 is 0 Å². The van der Waals surface area contributed by atoms with E-state index in [-0.39, 0.29) is 0 Å². The molecule has 1 aliphatic carbocycles. The summed E-state index contributed by atoms with van der Waals surface area (Å²) in [6.45, 7) is 5.74. The monoisotopic (exact) mass is 247 g/mol. The van der Waals surface area contributed by atoms with Gasteiger partial charge in [-0.15, -0.1) is 0 Å². The number of nitrogens with zero attached hydrogens (tertiary/aromatic N) is 2. The fourth-order valence-electron chi connectivity index (χ4n) is 2.41. The van der Waals surface area contributed by atoms with Crippen LogP contribution in [0.4, 0.5) is 0 Å². The lowest BCUT2D eigenvalue weighted by Gasteiger charge is -2.35. The molecule has 2 rings (SSSR count). The zero-order chi connectivity index (χ0) is 13.1. The number of rotatable bonds is 5. The summed E-state index contributed by atoms with van der Waals surface area (Å²) < 4.78 is 7.48. The Morgan fingerprint density at radius 1 is 1.56 bits per heavy atom. The van der Waals surface area contributed by atoms with Gasteiger partial charge in [0.2, 0.25) is 0 Å². The molecule has 98 valence electrons. The van der Waals surface area contributed by atoms with E-state index in [0.29, 0.717) is 12.1 Å². The molecule has 4 nitrogen and oxygen atoms in total. The first-order valence-corrected chi connectivity index (χ1v) is 6.56. The molecule has 0 saturated heterocycles. The molecular weight excluding hydrogens is 226 g/mol. The van der Waals surface area contributed by atoms with Gasteiger partial charge in [0.15, 0.2) is 0 Å². The lowest BCUT2D eigenvalue weighted by molar-refractivity contribution is -0.0102. The maximum atomic E-state index is 8.98. The van der Waals surface area contributed by atoms with Crippen LogP contribution in [-0.2, 0) is 18.3 Å². The van der Waals surface area contributed by atoms with E-state index in [1.807, 2.05) is 24.6 Å². The van der Waals surface area contributed by atoms with Crippen molar-refractivity contribution in [2.75, 3.05) is 6.61 Å². The predicted octanol–water partition coefficient (Wildman–Crippen LogP) is 1.86. The van der Waals surface area contributed by atoms with Crippen LogP contribution in [0.1, 0.15) is 36.7 Å². The maximum Gasteiger partial charge on any atom is 0.120 e. The minimum Gasteiger partial charge on any atom is -0.378 e. The number of ether oxygens (including phenoxy) is 1. The van der Waals surface area contributed by atoms with Crippen molar-refractivity contribution in [1.82, 2.24) is 9.88 Å². The topological polar surface area (TPSA) is 50.0 Å². The predicted molar refractivity (Wildman–Crippen MR) is 70.1 cm³/mol. The second-order valence-corrected chi connectivity index (χ2v) is 4.94. The molecule has 1 heterocycles. The summed E-state index contributed by atoms with van der Waals surface area (Å²) in [5, 5.41) is 12.5. The van der Waals surface area contributed by atoms with Crippen LogP contribution in [0.2, 0.25) is 0 Å². The third-order valence-corrected chi connectivity index (χ3v) is 3.83. The second-order valence-electron chi connectivity index (χ2n) is 4.94. The van der Waals surface area contributed by atoms with Gasteiger partial charge in [-0.2, -0.15) is 5.26 Å². The van der Waals surface area contributed by atoms with E-state index in [1.165, 1.54) is 11.3 Å². The summed E-state index contributed by atoms with van der Waals surface area (Å²) in [5.41, 5.74) is 3.11. The zero-order valence-electron chi connectivity index (χ0n) is 11.4. The smallest absolute Gasteiger partial charge is 0.120 e. The third-order valence-electron chi connectivity index (χ3n) is 3.83. The summed E-state index contributed by atoms with van der Waals surface area (Å²) in [5.74, 6) is 0. The molecule has 18 heavy (non-hydrogen) atoms. The Balaban J connectivity index is 1.83. The van der Waals surface area contributed by atoms with Crippen LogP contribution < -0.4 is 5.32 Å². The molecule has 0 bridgehead atoms. The van der Waals surface area contributed by atoms with Crippen molar-refractivity contribution < 1.29 is 4.74 Å². The van der Waals surface area contributed by atoms with Crippen LogP contribution in [0.3, 0.4) is 0 Å². The molecule has 0 atom stereocenters. The molecule has 0 aromatic carbocycles. The number of nitrogens with one attached hydrogen (secondary N) is 1. The number of aromatic nitrogens is 1. The molecular formula is C14H21N3O. The summed E-state index contributed by atoms with van der Waals surface area (Å²) in [6.07, 6.45) is 2.65. The van der Waals surface area contributed by atoms with Crippen molar-refractivity contribution in [3.05, 3.63) is 23.0 Å². The van der Waals surface area contributed by atoms with Gasteiger partial charge in [-0.3, -0.25) is 0 Å². The second kappa shape index (κ2) is 5.55. The molecule has 0 aliphatic heterocycles. The molecule has 1 saturated carbocycles. The van der Waals surface area contributed by atoms with Gasteiger partial charge in [0.05, 0.1) is 6.10 Å². The first kappa shape index (κ1) is 13.1. The number of nitriles is 1. The fourth-order valence-corrected chi connectivity index (χ4v) is 2.41. The third kappa shape index (κ3) is 2.58. The first-order valence-electron chi connectivity index (χ1n) is 6.56. The van der Waals surface area contributed by atoms with E-state index in [2.05, 4.69) is 18.3 Å². The van der Waals surface area contributed by atoms with Crippen LogP contribution in [0.5, 0.6) is 0 Å². The van der Waals surface area contributed by atoms with Gasteiger partial charge in [-0.05, 0) is 38.3 Å². The largest absolute Gasteiger partial charge is 0.378 e. The Labute approximate surface area is 109 Å². The normalized spacial score (nSPS) is 22.6. The van der Waals surface area contributed by atoms with Crippen LogP contribution >= 0.6 is 0 Å². The quantitative estimate of drug-likeness (QED) is 0.864. The van der Waals surface area contributed by atoms with Crippen molar-refractivity contribution in [1.29, 1.82) is 5.26 Å². The zero-order valence-corrected chi connectivity index (χ0v) is 11.4. The molecule has 1 aromatic heterocycles. The lowest BCUT2D eigenvalue weighted by atomic mass is 9.89. The van der Waals surface area contributed by atoms with E-state index in [9.17, 15) is 0 Å². The van der Waals surface area contributed by atoms with Crippen LogP contribution in [0.25, 0.3) is 0 Å². The summed E-state index contributed by atoms with van der Waals surface area (Å²) >= 11 is 0. The van der Waals surface area contributed by atoms with Crippen LogP contribution in [0.15, 0.2) is 6.07 Å². The van der Waals surface area contributed by atoms with Gasteiger partial charge in [0, 0.05) is 31.9 Å². The molecule has 1 N–H and O–H groups in total. The Morgan fingerprint density at radius 2 is 2.28 bits per heavy atom. The number of hydrogen-bond donors (Lipinski definition) is 1. The average Bonchev–Trinajstić information content (AvgIpc) is 2.59. The van der Waals surface area contributed by atoms with Gasteiger partial charge in [0.25, 0.3) is 0 Å². The highest BCUT2D eigenvalue weighted by atomic mass is 16.5. The standard InChI is InChI=1S/C14H21N3O/c1-4-18-14-6-12(7-14)16-9-11-5-13(8-15)17(3)10(11)2/h5,12,14,16H,4,6-7,9H2,1-3H3. The van der Waals surface area contributed by atoms with E-state index in [4.69, 9.17) is 10.00 Å². The van der Waals surface area contributed by atoms with Crippen molar-refractivity contribution in [3.63, 3.8) is 0 Å². The Hall–Kier alpha value is -1.31. The van der Waals surface area contributed by atoms with E-state index in [0.717, 1.165) is 31.7 Å².